The van der Waals surface area contributed by atoms with E-state index < -0.39 is 0 Å². The van der Waals surface area contributed by atoms with Gasteiger partial charge in [0.15, 0.2) is 24.7 Å². The Labute approximate surface area is 126 Å². The van der Waals surface area contributed by atoms with E-state index in [0.717, 1.165) is 6.42 Å². The summed E-state index contributed by atoms with van der Waals surface area (Å²) >= 11 is 0. The molecule has 0 radical (unpaired) electrons. The fraction of sp³-hybridized carbons (Fsp3) is 1.00. The van der Waals surface area contributed by atoms with E-state index in [4.69, 9.17) is 18.9 Å². The zero-order valence-electron chi connectivity index (χ0n) is 12.8. The third-order valence-electron chi connectivity index (χ3n) is 6.48. The van der Waals surface area contributed by atoms with Crippen molar-refractivity contribution < 1.29 is 18.9 Å². The van der Waals surface area contributed by atoms with Gasteiger partial charge in [-0.15, -0.1) is 0 Å². The van der Waals surface area contributed by atoms with E-state index in [-0.39, 0.29) is 24.7 Å². The van der Waals surface area contributed by atoms with Crippen molar-refractivity contribution in [1.82, 2.24) is 0 Å². The lowest BCUT2D eigenvalue weighted by atomic mass is 9.83. The van der Waals surface area contributed by atoms with Crippen molar-refractivity contribution in [2.75, 3.05) is 0 Å². The van der Waals surface area contributed by atoms with E-state index in [2.05, 4.69) is 6.92 Å². The summed E-state index contributed by atoms with van der Waals surface area (Å²) < 4.78 is 24.6. The number of hydrogen-bond donors (Lipinski definition) is 0. The monoisotopic (exact) mass is 294 g/mol. The molecular weight excluding hydrogens is 268 g/mol. The summed E-state index contributed by atoms with van der Waals surface area (Å²) in [6.45, 7) is 2.26. The summed E-state index contributed by atoms with van der Waals surface area (Å²) in [5.74, 6) is 1.81. The molecule has 4 heterocycles. The van der Waals surface area contributed by atoms with Crippen molar-refractivity contribution in [3.63, 3.8) is 0 Å². The highest BCUT2D eigenvalue weighted by Gasteiger charge is 2.77. The van der Waals surface area contributed by atoms with Crippen molar-refractivity contribution >= 4 is 0 Å². The normalized spacial score (nSPS) is 55.0. The van der Waals surface area contributed by atoms with Crippen LogP contribution in [0.25, 0.3) is 0 Å². The first-order valence-electron chi connectivity index (χ1n) is 8.99. The predicted molar refractivity (Wildman–Crippen MR) is 75.0 cm³/mol. The molecule has 0 spiro atoms. The van der Waals surface area contributed by atoms with E-state index in [1.165, 1.54) is 44.9 Å². The van der Waals surface area contributed by atoms with Gasteiger partial charge in [0.1, 0.15) is 0 Å². The van der Waals surface area contributed by atoms with E-state index in [1.807, 2.05) is 0 Å². The average Bonchev–Trinajstić information content (AvgIpc) is 3.12. The molecule has 21 heavy (non-hydrogen) atoms. The van der Waals surface area contributed by atoms with E-state index in [9.17, 15) is 0 Å². The quantitative estimate of drug-likeness (QED) is 0.674. The van der Waals surface area contributed by atoms with Crippen LogP contribution in [-0.4, -0.2) is 24.7 Å². The number of rotatable bonds is 7. The van der Waals surface area contributed by atoms with Gasteiger partial charge < -0.3 is 18.9 Å². The van der Waals surface area contributed by atoms with Crippen LogP contribution in [0.4, 0.5) is 0 Å². The number of ether oxygens (including phenoxy) is 4. The highest BCUT2D eigenvalue weighted by atomic mass is 16.9. The summed E-state index contributed by atoms with van der Waals surface area (Å²) in [6, 6.07) is 0. The third-order valence-corrected chi connectivity index (χ3v) is 6.48. The van der Waals surface area contributed by atoms with Gasteiger partial charge in [-0.05, 0) is 12.8 Å². The lowest BCUT2D eigenvalue weighted by molar-refractivity contribution is -0.382. The van der Waals surface area contributed by atoms with Gasteiger partial charge >= 0.3 is 0 Å². The predicted octanol–water partition coefficient (Wildman–Crippen LogP) is 3.40. The molecule has 0 aromatic carbocycles. The molecule has 5 fully saturated rings. The van der Waals surface area contributed by atoms with Gasteiger partial charge in [0.25, 0.3) is 0 Å². The highest BCUT2D eigenvalue weighted by Crippen LogP contribution is 2.69. The number of hydrogen-bond acceptors (Lipinski definition) is 4. The first-order valence-corrected chi connectivity index (χ1v) is 8.99. The Hall–Kier alpha value is -0.160. The summed E-state index contributed by atoms with van der Waals surface area (Å²) in [5.41, 5.74) is 0. The van der Waals surface area contributed by atoms with Gasteiger partial charge in [0.2, 0.25) is 0 Å². The van der Waals surface area contributed by atoms with Crippen LogP contribution in [0.2, 0.25) is 0 Å². The van der Waals surface area contributed by atoms with Crippen molar-refractivity contribution in [1.29, 1.82) is 0 Å². The molecule has 0 aromatic rings. The summed E-state index contributed by atoms with van der Waals surface area (Å²) in [4.78, 5) is 0. The van der Waals surface area contributed by atoms with E-state index >= 15 is 0 Å². The third kappa shape index (κ3) is 1.71. The van der Waals surface area contributed by atoms with Crippen LogP contribution in [0.5, 0.6) is 0 Å². The maximum atomic E-state index is 6.30. The molecule has 4 heteroatoms. The molecule has 0 amide bonds. The number of unbranched alkanes of at least 4 members (excludes halogenated alkanes) is 5. The van der Waals surface area contributed by atoms with Gasteiger partial charge in [-0.25, -0.2) is 0 Å². The van der Waals surface area contributed by atoms with Gasteiger partial charge in [-0.3, -0.25) is 0 Å². The molecule has 8 atom stereocenters. The van der Waals surface area contributed by atoms with Crippen LogP contribution in [0.15, 0.2) is 0 Å². The van der Waals surface area contributed by atoms with Crippen molar-refractivity contribution in [2.45, 2.75) is 82.9 Å². The highest BCUT2D eigenvalue weighted by molar-refractivity contribution is 5.13. The minimum absolute atomic E-state index is 0.0569. The molecule has 0 N–H and O–H groups in total. The zero-order chi connectivity index (χ0) is 14.0. The Morgan fingerprint density at radius 3 is 2.52 bits per heavy atom. The Bertz CT molecular complexity index is 421. The average molecular weight is 294 g/mol. The molecular formula is C17H26O4. The van der Waals surface area contributed by atoms with Gasteiger partial charge in [-0.2, -0.15) is 0 Å². The topological polar surface area (TPSA) is 36.9 Å². The van der Waals surface area contributed by atoms with E-state index in [1.54, 1.807) is 0 Å². The zero-order valence-corrected chi connectivity index (χ0v) is 12.8. The lowest BCUT2D eigenvalue weighted by Crippen LogP contribution is -2.41. The lowest BCUT2D eigenvalue weighted by Gasteiger charge is -2.35. The molecule has 1 saturated carbocycles. The van der Waals surface area contributed by atoms with Crippen LogP contribution in [0.1, 0.15) is 58.3 Å². The molecule has 2 bridgehead atoms. The fourth-order valence-corrected chi connectivity index (χ4v) is 5.66. The first-order chi connectivity index (χ1) is 10.3. The first kappa shape index (κ1) is 13.3. The molecule has 4 nitrogen and oxygen atoms in total. The Balaban J connectivity index is 1.26. The Kier molecular flexibility index (Phi) is 2.96. The molecule has 0 aromatic heterocycles. The second-order valence-electron chi connectivity index (χ2n) is 7.61. The summed E-state index contributed by atoms with van der Waals surface area (Å²) in [5, 5.41) is 0. The fourth-order valence-electron chi connectivity index (χ4n) is 5.66. The van der Waals surface area contributed by atoms with Crippen LogP contribution in [-0.2, 0) is 18.9 Å². The minimum Gasteiger partial charge on any atom is -0.323 e. The summed E-state index contributed by atoms with van der Waals surface area (Å²) in [6.07, 6.45) is 9.93. The van der Waals surface area contributed by atoms with Crippen molar-refractivity contribution in [3.8, 4) is 0 Å². The molecule has 5 aliphatic rings. The Morgan fingerprint density at radius 1 is 0.857 bits per heavy atom. The SMILES string of the molecule is CCCCCCCC[C@@]12O[C@H]3O[C@H]4O[C@@H](O1)[C@@H]1[C@H]4C[C@H]3[C@@H]12. The molecule has 4 aliphatic heterocycles. The minimum atomic E-state index is -0.379. The smallest absolute Gasteiger partial charge is 0.178 e. The largest absolute Gasteiger partial charge is 0.323 e. The van der Waals surface area contributed by atoms with Crippen molar-refractivity contribution in [2.24, 2.45) is 23.7 Å². The van der Waals surface area contributed by atoms with Gasteiger partial charge in [0.05, 0.1) is 0 Å². The van der Waals surface area contributed by atoms with Gasteiger partial charge in [0, 0.05) is 30.1 Å². The molecule has 1 aliphatic carbocycles. The molecule has 118 valence electrons. The van der Waals surface area contributed by atoms with Crippen LogP contribution >= 0.6 is 0 Å². The molecule has 4 saturated heterocycles. The van der Waals surface area contributed by atoms with Crippen molar-refractivity contribution in [3.05, 3.63) is 0 Å². The van der Waals surface area contributed by atoms with Crippen LogP contribution < -0.4 is 0 Å². The van der Waals surface area contributed by atoms with E-state index in [0.29, 0.717) is 23.7 Å². The second-order valence-corrected chi connectivity index (χ2v) is 7.61. The van der Waals surface area contributed by atoms with Gasteiger partial charge in [-0.1, -0.05) is 39.0 Å². The standard InChI is InChI=1S/C17H26O4/c1-2-3-4-5-6-7-8-17-13-11-9-10-12(13)16(21-17)19-14(10)18-15(11)20-17/h10-16H,2-9H2,1H3/t10-,11+,12-,13+,14+,15-,16+,17-/m1/s1. The Morgan fingerprint density at radius 2 is 1.62 bits per heavy atom. The van der Waals surface area contributed by atoms with Crippen LogP contribution in [0.3, 0.4) is 0 Å². The maximum Gasteiger partial charge on any atom is 0.178 e. The second kappa shape index (κ2) is 4.67. The summed E-state index contributed by atoms with van der Waals surface area (Å²) in [7, 11) is 0. The molecule has 0 unspecified atom stereocenters. The van der Waals surface area contributed by atoms with Crippen LogP contribution in [0, 0.1) is 23.7 Å². The molecule has 5 rings (SSSR count). The maximum absolute atomic E-state index is 6.30.